The predicted molar refractivity (Wildman–Crippen MR) is 80.7 cm³/mol. The molecule has 0 unspecified atom stereocenters. The molecule has 0 aliphatic rings. The molecule has 0 spiro atoms. The van der Waals surface area contributed by atoms with Crippen LogP contribution >= 0.6 is 15.9 Å². The molecule has 1 N–H and O–H groups in total. The number of aliphatic carboxylic acids is 1. The molecule has 0 aliphatic carbocycles. The van der Waals surface area contributed by atoms with Gasteiger partial charge in [-0.2, -0.15) is 0 Å². The molecule has 0 amide bonds. The average molecular weight is 336 g/mol. The number of nitrogens with zero attached hydrogens (tertiary/aromatic N) is 3. The maximum absolute atomic E-state index is 10.6. The molecule has 1 heterocycles. The van der Waals surface area contributed by atoms with E-state index in [9.17, 15) is 4.79 Å². The van der Waals surface area contributed by atoms with E-state index in [1.165, 1.54) is 0 Å². The highest BCUT2D eigenvalue weighted by Gasteiger charge is 2.08. The highest BCUT2D eigenvalue weighted by molar-refractivity contribution is 9.10. The largest absolute Gasteiger partial charge is 0.481 e. The standard InChI is InChI=1S/C14H14BrN3O2/c1-18(9-7-13(19)20)14-16-8-6-12(17-14)10-2-4-11(15)5-3-10/h2-6,8H,7,9H2,1H3,(H,19,20). The fraction of sp³-hybridized carbons (Fsp3) is 0.214. The number of carboxylic acid groups (broad SMARTS) is 1. The van der Waals surface area contributed by atoms with Gasteiger partial charge in [-0.25, -0.2) is 9.97 Å². The fourth-order valence-electron chi connectivity index (χ4n) is 1.68. The monoisotopic (exact) mass is 335 g/mol. The number of halogens is 1. The van der Waals surface area contributed by atoms with Crippen LogP contribution < -0.4 is 4.90 Å². The van der Waals surface area contributed by atoms with Gasteiger partial charge >= 0.3 is 5.97 Å². The van der Waals surface area contributed by atoms with Crippen LogP contribution in [0, 0.1) is 0 Å². The Labute approximate surface area is 125 Å². The second-order valence-corrected chi connectivity index (χ2v) is 5.23. The summed E-state index contributed by atoms with van der Waals surface area (Å²) < 4.78 is 1.01. The molecule has 0 radical (unpaired) electrons. The van der Waals surface area contributed by atoms with Gasteiger partial charge in [0.2, 0.25) is 5.95 Å². The molecule has 0 bridgehead atoms. The number of carbonyl (C=O) groups is 1. The number of hydrogen-bond donors (Lipinski definition) is 1. The van der Waals surface area contributed by atoms with Crippen LogP contribution in [0.15, 0.2) is 41.0 Å². The summed E-state index contributed by atoms with van der Waals surface area (Å²) in [5, 5.41) is 8.70. The first-order valence-corrected chi connectivity index (χ1v) is 6.87. The van der Waals surface area contributed by atoms with Gasteiger partial charge < -0.3 is 10.0 Å². The topological polar surface area (TPSA) is 66.3 Å². The second kappa shape index (κ2) is 6.47. The molecule has 1 aromatic heterocycles. The molecule has 1 aromatic carbocycles. The van der Waals surface area contributed by atoms with Crippen molar-refractivity contribution in [3.8, 4) is 11.3 Å². The maximum atomic E-state index is 10.6. The number of rotatable bonds is 5. The van der Waals surface area contributed by atoms with Crippen molar-refractivity contribution in [2.24, 2.45) is 0 Å². The summed E-state index contributed by atoms with van der Waals surface area (Å²) in [6, 6.07) is 9.66. The number of aromatic nitrogens is 2. The van der Waals surface area contributed by atoms with Crippen LogP contribution in [0.4, 0.5) is 5.95 Å². The summed E-state index contributed by atoms with van der Waals surface area (Å²) in [7, 11) is 1.78. The quantitative estimate of drug-likeness (QED) is 0.909. The minimum absolute atomic E-state index is 0.0579. The van der Waals surface area contributed by atoms with Crippen molar-refractivity contribution in [2.45, 2.75) is 6.42 Å². The summed E-state index contributed by atoms with van der Waals surface area (Å²) in [4.78, 5) is 20.9. The zero-order valence-electron chi connectivity index (χ0n) is 11.0. The Morgan fingerprint density at radius 1 is 1.30 bits per heavy atom. The van der Waals surface area contributed by atoms with Crippen LogP contribution in [0.3, 0.4) is 0 Å². The molecule has 6 heteroatoms. The maximum Gasteiger partial charge on any atom is 0.305 e. The molecular formula is C14H14BrN3O2. The third kappa shape index (κ3) is 3.77. The lowest BCUT2D eigenvalue weighted by Gasteiger charge is -2.16. The number of benzene rings is 1. The van der Waals surface area contributed by atoms with E-state index in [2.05, 4.69) is 25.9 Å². The van der Waals surface area contributed by atoms with Crippen LogP contribution in [0.5, 0.6) is 0 Å². The Balaban J connectivity index is 2.19. The van der Waals surface area contributed by atoms with Crippen molar-refractivity contribution in [1.29, 1.82) is 0 Å². The molecule has 2 rings (SSSR count). The smallest absolute Gasteiger partial charge is 0.305 e. The van der Waals surface area contributed by atoms with E-state index in [4.69, 9.17) is 5.11 Å². The van der Waals surface area contributed by atoms with E-state index in [-0.39, 0.29) is 6.42 Å². The summed E-state index contributed by atoms with van der Waals surface area (Å²) >= 11 is 3.39. The lowest BCUT2D eigenvalue weighted by atomic mass is 10.1. The van der Waals surface area contributed by atoms with Gasteiger partial charge in [-0.3, -0.25) is 4.79 Å². The van der Waals surface area contributed by atoms with E-state index in [1.54, 1.807) is 18.1 Å². The molecule has 2 aromatic rings. The lowest BCUT2D eigenvalue weighted by molar-refractivity contribution is -0.136. The van der Waals surface area contributed by atoms with Crippen molar-refractivity contribution in [2.75, 3.05) is 18.5 Å². The van der Waals surface area contributed by atoms with Crippen LogP contribution in [0.1, 0.15) is 6.42 Å². The third-order valence-corrected chi connectivity index (χ3v) is 3.31. The van der Waals surface area contributed by atoms with E-state index >= 15 is 0 Å². The average Bonchev–Trinajstić information content (AvgIpc) is 2.45. The highest BCUT2D eigenvalue weighted by atomic mass is 79.9. The van der Waals surface area contributed by atoms with Gasteiger partial charge in [0, 0.05) is 29.8 Å². The van der Waals surface area contributed by atoms with Gasteiger partial charge in [-0.15, -0.1) is 0 Å². The van der Waals surface area contributed by atoms with Crippen molar-refractivity contribution < 1.29 is 9.90 Å². The summed E-state index contributed by atoms with van der Waals surface area (Å²) in [6.45, 7) is 0.374. The first-order chi connectivity index (χ1) is 9.56. The van der Waals surface area contributed by atoms with Crippen molar-refractivity contribution in [1.82, 2.24) is 9.97 Å². The zero-order valence-corrected chi connectivity index (χ0v) is 12.5. The number of hydrogen-bond acceptors (Lipinski definition) is 4. The Morgan fingerprint density at radius 2 is 2.00 bits per heavy atom. The molecule has 0 atom stereocenters. The molecular weight excluding hydrogens is 322 g/mol. The van der Waals surface area contributed by atoms with Gasteiger partial charge in [-0.1, -0.05) is 28.1 Å². The third-order valence-electron chi connectivity index (χ3n) is 2.79. The Kier molecular flexibility index (Phi) is 4.68. The Bertz CT molecular complexity index is 602. The van der Waals surface area contributed by atoms with Crippen LogP contribution in [0.2, 0.25) is 0 Å². The Morgan fingerprint density at radius 3 is 2.65 bits per heavy atom. The van der Waals surface area contributed by atoms with E-state index < -0.39 is 5.97 Å². The summed E-state index contributed by atoms with van der Waals surface area (Å²) in [5.74, 6) is -0.312. The lowest BCUT2D eigenvalue weighted by Crippen LogP contribution is -2.23. The van der Waals surface area contributed by atoms with E-state index in [1.807, 2.05) is 30.3 Å². The SMILES string of the molecule is CN(CCC(=O)O)c1nccc(-c2ccc(Br)cc2)n1. The minimum Gasteiger partial charge on any atom is -0.481 e. The normalized spacial score (nSPS) is 10.3. The number of anilines is 1. The van der Waals surface area contributed by atoms with E-state index in [0.717, 1.165) is 15.7 Å². The van der Waals surface area contributed by atoms with Gasteiger partial charge in [-0.05, 0) is 18.2 Å². The molecule has 5 nitrogen and oxygen atoms in total. The van der Waals surface area contributed by atoms with Gasteiger partial charge in [0.25, 0.3) is 0 Å². The fourth-order valence-corrected chi connectivity index (χ4v) is 1.94. The van der Waals surface area contributed by atoms with Crippen molar-refractivity contribution >= 4 is 27.8 Å². The van der Waals surface area contributed by atoms with Crippen molar-refractivity contribution in [3.05, 3.63) is 41.0 Å². The molecule has 0 saturated heterocycles. The van der Waals surface area contributed by atoms with Gasteiger partial charge in [0.15, 0.2) is 0 Å². The number of carboxylic acids is 1. The van der Waals surface area contributed by atoms with Crippen LogP contribution in [-0.2, 0) is 4.79 Å². The molecule has 0 aliphatic heterocycles. The molecule has 20 heavy (non-hydrogen) atoms. The van der Waals surface area contributed by atoms with Crippen LogP contribution in [-0.4, -0.2) is 34.6 Å². The van der Waals surface area contributed by atoms with Crippen molar-refractivity contribution in [3.63, 3.8) is 0 Å². The van der Waals surface area contributed by atoms with Crippen LogP contribution in [0.25, 0.3) is 11.3 Å². The van der Waals surface area contributed by atoms with Gasteiger partial charge in [0.05, 0.1) is 12.1 Å². The molecule has 104 valence electrons. The first kappa shape index (κ1) is 14.5. The Hall–Kier alpha value is -1.95. The zero-order chi connectivity index (χ0) is 14.5. The molecule has 0 saturated carbocycles. The van der Waals surface area contributed by atoms with Gasteiger partial charge in [0.1, 0.15) is 0 Å². The highest BCUT2D eigenvalue weighted by Crippen LogP contribution is 2.21. The molecule has 0 fully saturated rings. The predicted octanol–water partition coefficient (Wildman–Crippen LogP) is 2.82. The first-order valence-electron chi connectivity index (χ1n) is 6.08. The second-order valence-electron chi connectivity index (χ2n) is 4.31. The summed E-state index contributed by atoms with van der Waals surface area (Å²) in [6.07, 6.45) is 1.74. The van der Waals surface area contributed by atoms with E-state index in [0.29, 0.717) is 12.5 Å². The summed E-state index contributed by atoms with van der Waals surface area (Å²) in [5.41, 5.74) is 1.80. The minimum atomic E-state index is -0.832.